The summed E-state index contributed by atoms with van der Waals surface area (Å²) < 4.78 is 2.03. The number of amides is 1. The van der Waals surface area contributed by atoms with Gasteiger partial charge in [0.15, 0.2) is 18.9 Å². The molecule has 25 heavy (non-hydrogen) atoms. The molecule has 0 saturated carbocycles. The van der Waals surface area contributed by atoms with E-state index >= 15 is 0 Å². The van der Waals surface area contributed by atoms with E-state index in [2.05, 4.69) is 12.2 Å². The molecule has 0 fully saturated rings. The number of aryl methyl sites for hydroxylation is 2. The summed E-state index contributed by atoms with van der Waals surface area (Å²) in [5.74, 6) is -0.578. The van der Waals surface area contributed by atoms with Crippen LogP contribution in [0.4, 0.5) is 0 Å². The number of carbonyl (C=O) groups is 2. The fourth-order valence-corrected chi connectivity index (χ4v) is 2.69. The van der Waals surface area contributed by atoms with Gasteiger partial charge in [0.1, 0.15) is 0 Å². The normalized spacial score (nSPS) is 10.6. The van der Waals surface area contributed by atoms with Gasteiger partial charge < -0.3 is 10.4 Å². The number of carbonyl (C=O) groups excluding carboxylic acids is 1. The van der Waals surface area contributed by atoms with Crippen LogP contribution >= 0.6 is 0 Å². The summed E-state index contributed by atoms with van der Waals surface area (Å²) in [5, 5.41) is 11.5. The molecular weight excluding hydrogens is 316 g/mol. The lowest BCUT2D eigenvalue weighted by Gasteiger charge is -2.04. The second-order valence-electron chi connectivity index (χ2n) is 6.69. The van der Waals surface area contributed by atoms with Gasteiger partial charge in [-0.15, -0.1) is 0 Å². The van der Waals surface area contributed by atoms with Gasteiger partial charge in [0.25, 0.3) is 0 Å². The molecule has 0 atom stereocenters. The van der Waals surface area contributed by atoms with Crippen LogP contribution in [0.5, 0.6) is 0 Å². The topological polar surface area (TPSA) is 70.3 Å². The minimum absolute atomic E-state index is 0.117. The zero-order valence-electron chi connectivity index (χ0n) is 15.5. The number of unbranched alkanes of at least 4 members (excludes halogenated alkanes) is 7. The predicted octanol–water partition coefficient (Wildman–Crippen LogP) is 3.38. The fourth-order valence-electron chi connectivity index (χ4n) is 2.69. The highest BCUT2D eigenvalue weighted by molar-refractivity contribution is 5.75. The first-order valence-corrected chi connectivity index (χ1v) is 9.52. The quantitative estimate of drug-likeness (QED) is 0.399. The van der Waals surface area contributed by atoms with Crippen molar-refractivity contribution in [2.24, 2.45) is 0 Å². The minimum atomic E-state index is -0.695. The molecule has 0 spiro atoms. The molecule has 0 aliphatic heterocycles. The Morgan fingerprint density at radius 1 is 0.920 bits per heavy atom. The third kappa shape index (κ3) is 12.1. The van der Waals surface area contributed by atoms with Crippen molar-refractivity contribution in [3.63, 3.8) is 0 Å². The first kappa shape index (κ1) is 21.1. The van der Waals surface area contributed by atoms with Gasteiger partial charge in [-0.3, -0.25) is 9.59 Å². The maximum atomic E-state index is 11.8. The molecule has 2 N–H and O–H groups in total. The average Bonchev–Trinajstić information content (AvgIpc) is 2.59. The Morgan fingerprint density at radius 3 is 2.08 bits per heavy atom. The van der Waals surface area contributed by atoms with Gasteiger partial charge in [0.05, 0.1) is 6.42 Å². The Labute approximate surface area is 151 Å². The molecule has 0 saturated heterocycles. The van der Waals surface area contributed by atoms with Gasteiger partial charge in [0, 0.05) is 25.1 Å². The van der Waals surface area contributed by atoms with E-state index in [1.165, 1.54) is 24.8 Å². The maximum absolute atomic E-state index is 11.8. The molecule has 1 amide bonds. The molecule has 0 aromatic carbocycles. The lowest BCUT2D eigenvalue weighted by molar-refractivity contribution is -0.695. The van der Waals surface area contributed by atoms with Gasteiger partial charge in [-0.2, -0.15) is 0 Å². The molecule has 1 rings (SSSR count). The monoisotopic (exact) mass is 349 g/mol. The molecular formula is C20H33N2O3+. The minimum Gasteiger partial charge on any atom is -0.481 e. The molecule has 0 aliphatic rings. The maximum Gasteiger partial charge on any atom is 0.303 e. The molecule has 0 radical (unpaired) electrons. The highest BCUT2D eigenvalue weighted by Crippen LogP contribution is 2.09. The summed E-state index contributed by atoms with van der Waals surface area (Å²) in [6, 6.07) is 4.09. The molecule has 0 bridgehead atoms. The number of aromatic nitrogens is 1. The van der Waals surface area contributed by atoms with Crippen LogP contribution < -0.4 is 9.88 Å². The number of rotatable bonds is 14. The van der Waals surface area contributed by atoms with Crippen molar-refractivity contribution in [1.82, 2.24) is 5.32 Å². The number of carboxylic acid groups (broad SMARTS) is 1. The number of aliphatic carboxylic acids is 1. The molecule has 0 unspecified atom stereocenters. The van der Waals surface area contributed by atoms with Crippen LogP contribution in [0, 0.1) is 6.92 Å². The third-order valence-electron chi connectivity index (χ3n) is 4.29. The van der Waals surface area contributed by atoms with E-state index in [0.717, 1.165) is 38.6 Å². The second kappa shape index (κ2) is 13.4. The van der Waals surface area contributed by atoms with Crippen LogP contribution in [-0.4, -0.2) is 23.5 Å². The Kier molecular flexibility index (Phi) is 11.3. The van der Waals surface area contributed by atoms with E-state index in [-0.39, 0.29) is 5.91 Å². The lowest BCUT2D eigenvalue weighted by atomic mass is 10.1. The molecule has 5 nitrogen and oxygen atoms in total. The van der Waals surface area contributed by atoms with Gasteiger partial charge in [-0.05, 0) is 25.3 Å². The van der Waals surface area contributed by atoms with Crippen molar-refractivity contribution in [2.45, 2.75) is 77.7 Å². The second-order valence-corrected chi connectivity index (χ2v) is 6.69. The predicted molar refractivity (Wildman–Crippen MR) is 98.2 cm³/mol. The van der Waals surface area contributed by atoms with Crippen molar-refractivity contribution in [3.05, 3.63) is 30.1 Å². The largest absolute Gasteiger partial charge is 0.481 e. The van der Waals surface area contributed by atoms with E-state index in [4.69, 9.17) is 5.11 Å². The van der Waals surface area contributed by atoms with E-state index in [0.29, 0.717) is 19.4 Å². The zero-order chi connectivity index (χ0) is 18.3. The van der Waals surface area contributed by atoms with E-state index in [1.54, 1.807) is 0 Å². The highest BCUT2D eigenvalue weighted by atomic mass is 16.4. The van der Waals surface area contributed by atoms with Crippen LogP contribution in [0.1, 0.15) is 69.8 Å². The van der Waals surface area contributed by atoms with Crippen LogP contribution in [0.25, 0.3) is 0 Å². The number of hydrogen-bond donors (Lipinski definition) is 2. The molecule has 140 valence electrons. The Hall–Kier alpha value is -1.91. The Bertz CT molecular complexity index is 500. The average molecular weight is 349 g/mol. The molecule has 1 heterocycles. The summed E-state index contributed by atoms with van der Waals surface area (Å²) >= 11 is 0. The van der Waals surface area contributed by atoms with Crippen molar-refractivity contribution >= 4 is 11.9 Å². The standard InChI is InChI=1S/C20H32N2O3/c1-18-11-15-22(16-12-18)17-13-19(23)21-14-9-7-5-3-2-4-6-8-10-20(24)25/h11-12,15-16H,2-10,13-14,17H2,1H3,(H-,21,23,24,25)/p+1. The van der Waals surface area contributed by atoms with Gasteiger partial charge in [0.2, 0.25) is 5.91 Å². The molecule has 1 aromatic heterocycles. The van der Waals surface area contributed by atoms with Gasteiger partial charge >= 0.3 is 5.97 Å². The first-order chi connectivity index (χ1) is 12.1. The van der Waals surface area contributed by atoms with Crippen molar-refractivity contribution < 1.29 is 19.3 Å². The van der Waals surface area contributed by atoms with Crippen LogP contribution in [0.15, 0.2) is 24.5 Å². The van der Waals surface area contributed by atoms with E-state index in [9.17, 15) is 9.59 Å². The van der Waals surface area contributed by atoms with Crippen molar-refractivity contribution in [1.29, 1.82) is 0 Å². The summed E-state index contributed by atoms with van der Waals surface area (Å²) in [6.45, 7) is 3.53. The van der Waals surface area contributed by atoms with E-state index < -0.39 is 5.97 Å². The van der Waals surface area contributed by atoms with Crippen LogP contribution in [0.3, 0.4) is 0 Å². The summed E-state index contributed by atoms with van der Waals surface area (Å²) in [4.78, 5) is 22.2. The summed E-state index contributed by atoms with van der Waals surface area (Å²) in [6.07, 6.45) is 13.5. The van der Waals surface area contributed by atoms with Gasteiger partial charge in [-0.1, -0.05) is 38.5 Å². The number of nitrogens with zero attached hydrogens (tertiary/aromatic N) is 1. The third-order valence-corrected chi connectivity index (χ3v) is 4.29. The fraction of sp³-hybridized carbons (Fsp3) is 0.650. The van der Waals surface area contributed by atoms with Crippen molar-refractivity contribution in [3.8, 4) is 0 Å². The number of carboxylic acids is 1. The smallest absolute Gasteiger partial charge is 0.303 e. The molecule has 0 aliphatic carbocycles. The Balaban J connectivity index is 1.88. The number of hydrogen-bond acceptors (Lipinski definition) is 2. The van der Waals surface area contributed by atoms with E-state index in [1.807, 2.05) is 29.1 Å². The summed E-state index contributed by atoms with van der Waals surface area (Å²) in [5.41, 5.74) is 1.22. The van der Waals surface area contributed by atoms with Crippen LogP contribution in [0.2, 0.25) is 0 Å². The van der Waals surface area contributed by atoms with Gasteiger partial charge in [-0.25, -0.2) is 4.57 Å². The first-order valence-electron chi connectivity index (χ1n) is 9.52. The summed E-state index contributed by atoms with van der Waals surface area (Å²) in [7, 11) is 0. The SMILES string of the molecule is Cc1cc[n+](CCC(=O)NCCCCCCCCCCC(=O)O)cc1. The lowest BCUT2D eigenvalue weighted by Crippen LogP contribution is -2.36. The Morgan fingerprint density at radius 2 is 1.48 bits per heavy atom. The molecule has 5 heteroatoms. The van der Waals surface area contributed by atoms with Crippen molar-refractivity contribution in [2.75, 3.05) is 6.54 Å². The zero-order valence-corrected chi connectivity index (χ0v) is 15.5. The molecule has 1 aromatic rings. The number of pyridine rings is 1. The highest BCUT2D eigenvalue weighted by Gasteiger charge is 2.05. The van der Waals surface area contributed by atoms with Crippen LogP contribution in [-0.2, 0) is 16.1 Å². The number of nitrogens with one attached hydrogen (secondary N) is 1.